The van der Waals surface area contributed by atoms with Crippen molar-refractivity contribution < 1.29 is 23.8 Å². The number of hydrogen-bond donors (Lipinski definition) is 3. The number of nitrogens with one attached hydrogen (secondary N) is 3. The number of likely N-dealkylation sites (N-methyl/N-ethyl adjacent to an activating group) is 1. The van der Waals surface area contributed by atoms with Crippen LogP contribution in [0.25, 0.3) is 0 Å². The lowest BCUT2D eigenvalue weighted by molar-refractivity contribution is 0.0965. The fraction of sp³-hybridized carbons (Fsp3) is 0.429. The number of rotatable bonds is 14. The number of amides is 3. The van der Waals surface area contributed by atoms with E-state index in [1.54, 1.807) is 61.7 Å². The molecule has 1 aliphatic heterocycles. The second-order valence-electron chi connectivity index (χ2n) is 11.5. The molecule has 242 valence electrons. The maximum Gasteiger partial charge on any atom is 0.319 e. The van der Waals surface area contributed by atoms with Crippen LogP contribution >= 0.6 is 0 Å². The predicted octanol–water partition coefficient (Wildman–Crippen LogP) is 6.45. The van der Waals surface area contributed by atoms with Gasteiger partial charge in [0.2, 0.25) is 0 Å². The van der Waals surface area contributed by atoms with E-state index < -0.39 is 0 Å². The van der Waals surface area contributed by atoms with Crippen LogP contribution in [0.2, 0.25) is 0 Å². The highest BCUT2D eigenvalue weighted by atomic mass is 16.5. The van der Waals surface area contributed by atoms with Gasteiger partial charge in [0.05, 0.1) is 7.11 Å². The van der Waals surface area contributed by atoms with Gasteiger partial charge in [-0.15, -0.1) is 0 Å². The molecule has 0 spiro atoms. The minimum absolute atomic E-state index is 0.124. The summed E-state index contributed by atoms with van der Waals surface area (Å²) in [7, 11) is 5.75. The Hall–Kier alpha value is -4.28. The number of nitrogens with zero attached hydrogens (tertiary/aromatic N) is 2. The molecule has 0 aromatic heterocycles. The van der Waals surface area contributed by atoms with Gasteiger partial charge in [-0.25, -0.2) is 4.79 Å². The van der Waals surface area contributed by atoms with Gasteiger partial charge >= 0.3 is 6.03 Å². The number of carbonyl (C=O) groups excluding carboxylic acids is 2. The summed E-state index contributed by atoms with van der Waals surface area (Å²) in [6.45, 7) is 8.31. The summed E-state index contributed by atoms with van der Waals surface area (Å²) in [5.74, 6) is 2.12. The van der Waals surface area contributed by atoms with Crippen LogP contribution in [0.1, 0.15) is 49.9 Å². The molecule has 0 unspecified atom stereocenters. The van der Waals surface area contributed by atoms with Crippen LogP contribution in [-0.4, -0.2) is 81.3 Å². The molecule has 1 fully saturated rings. The van der Waals surface area contributed by atoms with Crippen molar-refractivity contribution in [2.24, 2.45) is 0 Å². The monoisotopic (exact) mass is 617 g/mol. The fourth-order valence-electron chi connectivity index (χ4n) is 5.08. The lowest BCUT2D eigenvalue weighted by atomic mass is 10.1. The van der Waals surface area contributed by atoms with Crippen molar-refractivity contribution in [3.63, 3.8) is 0 Å². The molecule has 1 heterocycles. The molecule has 45 heavy (non-hydrogen) atoms. The van der Waals surface area contributed by atoms with Crippen molar-refractivity contribution in [3.05, 3.63) is 72.3 Å². The highest BCUT2D eigenvalue weighted by Gasteiger charge is 2.20. The molecule has 0 aliphatic carbocycles. The lowest BCUT2D eigenvalue weighted by Gasteiger charge is -2.32. The van der Waals surface area contributed by atoms with Crippen molar-refractivity contribution in [2.45, 2.75) is 51.7 Å². The summed E-state index contributed by atoms with van der Waals surface area (Å²) in [6, 6.07) is 19.5. The first-order valence-corrected chi connectivity index (χ1v) is 15.7. The number of anilines is 2. The van der Waals surface area contributed by atoms with Crippen LogP contribution in [-0.2, 0) is 0 Å². The zero-order valence-electron chi connectivity index (χ0n) is 27.1. The van der Waals surface area contributed by atoms with Gasteiger partial charge in [0.25, 0.3) is 5.91 Å². The molecule has 3 aromatic rings. The van der Waals surface area contributed by atoms with E-state index in [0.717, 1.165) is 57.6 Å². The number of urea groups is 1. The van der Waals surface area contributed by atoms with Crippen LogP contribution in [0, 0.1) is 0 Å². The van der Waals surface area contributed by atoms with E-state index in [2.05, 4.69) is 39.8 Å². The smallest absolute Gasteiger partial charge is 0.319 e. The first-order chi connectivity index (χ1) is 21.8. The second-order valence-corrected chi connectivity index (χ2v) is 11.5. The average Bonchev–Trinajstić information content (AvgIpc) is 3.05. The maximum absolute atomic E-state index is 12.9. The van der Waals surface area contributed by atoms with Gasteiger partial charge < -0.3 is 40.0 Å². The van der Waals surface area contributed by atoms with E-state index in [4.69, 9.17) is 14.2 Å². The number of likely N-dealkylation sites (tertiary alicyclic amines) is 1. The zero-order valence-corrected chi connectivity index (χ0v) is 27.1. The molecule has 10 heteroatoms. The number of carbonyl (C=O) groups is 2. The normalized spacial score (nSPS) is 13.8. The van der Waals surface area contributed by atoms with Crippen LogP contribution in [0.3, 0.4) is 0 Å². The Morgan fingerprint density at radius 3 is 2.13 bits per heavy atom. The minimum Gasteiger partial charge on any atom is -0.493 e. The third kappa shape index (κ3) is 10.4. The van der Waals surface area contributed by atoms with E-state index in [1.807, 2.05) is 26.0 Å². The van der Waals surface area contributed by atoms with Crippen molar-refractivity contribution in [1.29, 1.82) is 0 Å². The van der Waals surface area contributed by atoms with Crippen molar-refractivity contribution in [3.8, 4) is 23.0 Å². The molecule has 4 rings (SSSR count). The van der Waals surface area contributed by atoms with E-state index >= 15 is 0 Å². The molecular formula is C35H47N5O5. The van der Waals surface area contributed by atoms with Crippen molar-refractivity contribution in [2.75, 3.05) is 58.0 Å². The van der Waals surface area contributed by atoms with Gasteiger partial charge in [0.1, 0.15) is 17.6 Å². The second kappa shape index (κ2) is 16.7. The Balaban J connectivity index is 1.26. The van der Waals surface area contributed by atoms with Gasteiger partial charge in [-0.05, 0) is 100 Å². The van der Waals surface area contributed by atoms with Crippen LogP contribution in [0.15, 0.2) is 66.7 Å². The van der Waals surface area contributed by atoms with Crippen molar-refractivity contribution >= 4 is 23.3 Å². The van der Waals surface area contributed by atoms with Crippen LogP contribution in [0.5, 0.6) is 23.0 Å². The predicted molar refractivity (Wildman–Crippen MR) is 179 cm³/mol. The third-order valence-electron chi connectivity index (χ3n) is 7.90. The molecule has 0 atom stereocenters. The summed E-state index contributed by atoms with van der Waals surface area (Å²) in [4.78, 5) is 29.9. The number of methoxy groups -OCH3 is 1. The van der Waals surface area contributed by atoms with E-state index in [9.17, 15) is 9.59 Å². The number of benzene rings is 3. The van der Waals surface area contributed by atoms with Gasteiger partial charge in [-0.2, -0.15) is 0 Å². The first-order valence-electron chi connectivity index (χ1n) is 15.7. The summed E-state index contributed by atoms with van der Waals surface area (Å²) < 4.78 is 17.7. The maximum atomic E-state index is 12.9. The van der Waals surface area contributed by atoms with Crippen LogP contribution in [0.4, 0.5) is 16.2 Å². The summed E-state index contributed by atoms with van der Waals surface area (Å²) in [6.07, 6.45) is 3.93. The first kappa shape index (κ1) is 33.6. The summed E-state index contributed by atoms with van der Waals surface area (Å²) >= 11 is 0. The van der Waals surface area contributed by atoms with Crippen molar-refractivity contribution in [1.82, 2.24) is 15.1 Å². The quantitative estimate of drug-likeness (QED) is 0.191. The Morgan fingerprint density at radius 2 is 1.51 bits per heavy atom. The Morgan fingerprint density at radius 1 is 0.867 bits per heavy atom. The molecule has 10 nitrogen and oxygen atoms in total. The molecule has 3 aromatic carbocycles. The average molecular weight is 618 g/mol. The summed E-state index contributed by atoms with van der Waals surface area (Å²) in [5, 5.41) is 8.72. The highest BCUT2D eigenvalue weighted by molar-refractivity contribution is 6.04. The SMILES string of the molecule is CCC(CC)NC(=O)Nc1ccc(Oc2ccc(NC(=O)c3ccc(OC4CCN(CCN(C)C)CC4)cc3)cc2)c(OC)c1. The standard InChI is InChI=1S/C35H47N5O5/c1-6-26(7-2)37-35(42)38-28-12-17-32(33(24-28)43-5)45-30-15-10-27(11-16-30)36-34(41)25-8-13-29(14-9-25)44-31-18-20-40(21-19-31)23-22-39(3)4/h8-17,24,26,31H,6-7,18-23H2,1-5H3,(H,36,41)(H2,37,38,42). The van der Waals surface area contributed by atoms with E-state index in [1.165, 1.54) is 0 Å². The van der Waals surface area contributed by atoms with Crippen LogP contribution < -0.4 is 30.2 Å². The third-order valence-corrected chi connectivity index (χ3v) is 7.90. The molecule has 1 aliphatic rings. The molecule has 1 saturated heterocycles. The Kier molecular flexibility index (Phi) is 12.5. The minimum atomic E-state index is -0.260. The summed E-state index contributed by atoms with van der Waals surface area (Å²) in [5.41, 5.74) is 1.79. The topological polar surface area (TPSA) is 104 Å². The van der Waals surface area contributed by atoms with E-state index in [0.29, 0.717) is 34.2 Å². The molecule has 3 amide bonds. The largest absolute Gasteiger partial charge is 0.493 e. The Labute approximate surface area is 267 Å². The molecule has 0 radical (unpaired) electrons. The molecule has 0 bridgehead atoms. The van der Waals surface area contributed by atoms with E-state index in [-0.39, 0.29) is 24.1 Å². The molecular weight excluding hydrogens is 570 g/mol. The number of hydrogen-bond acceptors (Lipinski definition) is 7. The Bertz CT molecular complexity index is 1370. The lowest BCUT2D eigenvalue weighted by Crippen LogP contribution is -2.41. The number of piperidine rings is 1. The van der Waals surface area contributed by atoms with Gasteiger partial charge in [-0.3, -0.25) is 4.79 Å². The van der Waals surface area contributed by atoms with Gasteiger partial charge in [0, 0.05) is 55.2 Å². The fourth-order valence-corrected chi connectivity index (χ4v) is 5.08. The molecule has 3 N–H and O–H groups in total. The zero-order chi connectivity index (χ0) is 32.2. The number of ether oxygens (including phenoxy) is 3. The highest BCUT2D eigenvalue weighted by Crippen LogP contribution is 2.34. The molecule has 0 saturated carbocycles. The van der Waals surface area contributed by atoms with Gasteiger partial charge in [0.15, 0.2) is 11.5 Å². The van der Waals surface area contributed by atoms with Gasteiger partial charge in [-0.1, -0.05) is 13.8 Å².